The van der Waals surface area contributed by atoms with Crippen LogP contribution in [-0.4, -0.2) is 29.4 Å². The molecular weight excluding hydrogens is 318 g/mol. The number of aromatic nitrogens is 1. The molecule has 1 atom stereocenters. The first-order chi connectivity index (χ1) is 12.2. The van der Waals surface area contributed by atoms with Crippen molar-refractivity contribution in [1.29, 1.82) is 0 Å². The third-order valence-electron chi connectivity index (χ3n) is 4.12. The van der Waals surface area contributed by atoms with Crippen molar-refractivity contribution in [3.05, 3.63) is 60.4 Å². The number of carbonyl (C=O) groups is 1. The van der Waals surface area contributed by atoms with Crippen LogP contribution in [-0.2, 0) is 11.8 Å². The maximum Gasteiger partial charge on any atom is 0.284 e. The standard InChI is InChI=1S/C19H17N3O3/c1-22-8-4-7-15(22)11-20-21-19(23)18-12-24-16-9-13-5-2-3-6-14(13)10-17(16)25-18/h2-11,18H,12H2,1H3,(H,21,23)/b20-11-/t18-/m1/s1. The van der Waals surface area contributed by atoms with Gasteiger partial charge in [0.2, 0.25) is 6.10 Å². The van der Waals surface area contributed by atoms with Crippen LogP contribution in [0.15, 0.2) is 59.8 Å². The Kier molecular flexibility index (Phi) is 3.85. The van der Waals surface area contributed by atoms with E-state index in [1.165, 1.54) is 0 Å². The minimum atomic E-state index is -0.737. The van der Waals surface area contributed by atoms with Crippen molar-refractivity contribution >= 4 is 22.9 Å². The molecule has 1 aromatic heterocycles. The van der Waals surface area contributed by atoms with Gasteiger partial charge in [-0.1, -0.05) is 24.3 Å². The van der Waals surface area contributed by atoms with Gasteiger partial charge in [-0.15, -0.1) is 0 Å². The molecule has 1 aliphatic rings. The maximum atomic E-state index is 12.2. The highest BCUT2D eigenvalue weighted by Gasteiger charge is 2.27. The van der Waals surface area contributed by atoms with Crippen molar-refractivity contribution in [3.8, 4) is 11.5 Å². The zero-order valence-corrected chi connectivity index (χ0v) is 13.7. The molecule has 0 bridgehead atoms. The Morgan fingerprint density at radius 2 is 1.96 bits per heavy atom. The molecular formula is C19H17N3O3. The summed E-state index contributed by atoms with van der Waals surface area (Å²) in [6.07, 6.45) is 2.75. The third-order valence-corrected chi connectivity index (χ3v) is 4.12. The molecule has 1 N–H and O–H groups in total. The molecule has 0 aliphatic carbocycles. The van der Waals surface area contributed by atoms with Crippen molar-refractivity contribution < 1.29 is 14.3 Å². The van der Waals surface area contributed by atoms with Crippen LogP contribution in [0.4, 0.5) is 0 Å². The van der Waals surface area contributed by atoms with Crippen LogP contribution in [0.3, 0.4) is 0 Å². The van der Waals surface area contributed by atoms with Gasteiger partial charge >= 0.3 is 0 Å². The van der Waals surface area contributed by atoms with E-state index in [2.05, 4.69) is 10.5 Å². The number of hydrogen-bond donors (Lipinski definition) is 1. The van der Waals surface area contributed by atoms with Gasteiger partial charge in [-0.25, -0.2) is 5.43 Å². The monoisotopic (exact) mass is 335 g/mol. The quantitative estimate of drug-likeness (QED) is 0.591. The molecule has 0 radical (unpaired) electrons. The predicted molar refractivity (Wildman–Crippen MR) is 95.0 cm³/mol. The fourth-order valence-corrected chi connectivity index (χ4v) is 2.73. The van der Waals surface area contributed by atoms with Crippen LogP contribution in [0.25, 0.3) is 10.8 Å². The number of aryl methyl sites for hydroxylation is 1. The minimum absolute atomic E-state index is 0.150. The molecule has 1 aliphatic heterocycles. The SMILES string of the molecule is Cn1cccc1/C=N\NC(=O)[C@H]1COc2cc3ccccc3cc2O1. The Bertz CT molecular complexity index is 961. The molecule has 2 aromatic carbocycles. The number of benzene rings is 2. The highest BCUT2D eigenvalue weighted by molar-refractivity contribution is 5.87. The summed E-state index contributed by atoms with van der Waals surface area (Å²) in [4.78, 5) is 12.2. The fourth-order valence-electron chi connectivity index (χ4n) is 2.73. The summed E-state index contributed by atoms with van der Waals surface area (Å²) in [6, 6.07) is 15.5. The number of rotatable bonds is 3. The van der Waals surface area contributed by atoms with E-state index in [1.54, 1.807) is 6.21 Å². The van der Waals surface area contributed by atoms with Crippen molar-refractivity contribution in [2.45, 2.75) is 6.10 Å². The second kappa shape index (κ2) is 6.32. The number of fused-ring (bicyclic) bond motifs is 2. The third kappa shape index (κ3) is 3.06. The fraction of sp³-hybridized carbons (Fsp3) is 0.158. The zero-order chi connectivity index (χ0) is 17.2. The van der Waals surface area contributed by atoms with E-state index in [0.717, 1.165) is 16.5 Å². The first kappa shape index (κ1) is 15.3. The van der Waals surface area contributed by atoms with Gasteiger partial charge < -0.3 is 14.0 Å². The lowest BCUT2D eigenvalue weighted by molar-refractivity contribution is -0.130. The maximum absolute atomic E-state index is 12.2. The summed E-state index contributed by atoms with van der Waals surface area (Å²) >= 11 is 0. The highest BCUT2D eigenvalue weighted by Crippen LogP contribution is 2.35. The summed E-state index contributed by atoms with van der Waals surface area (Å²) in [5.41, 5.74) is 3.38. The lowest BCUT2D eigenvalue weighted by Gasteiger charge is -2.25. The van der Waals surface area contributed by atoms with Gasteiger partial charge in [-0.3, -0.25) is 4.79 Å². The Labute approximate surface area is 144 Å². The Hall–Kier alpha value is -3.28. The van der Waals surface area contributed by atoms with Gasteiger partial charge in [-0.2, -0.15) is 5.10 Å². The van der Waals surface area contributed by atoms with Crippen molar-refractivity contribution in [2.24, 2.45) is 12.1 Å². The normalized spacial score (nSPS) is 16.3. The highest BCUT2D eigenvalue weighted by atomic mass is 16.6. The lowest BCUT2D eigenvalue weighted by atomic mass is 10.1. The van der Waals surface area contributed by atoms with Gasteiger partial charge in [0.15, 0.2) is 11.5 Å². The molecule has 0 spiro atoms. The molecule has 25 heavy (non-hydrogen) atoms. The number of nitrogens with zero attached hydrogens (tertiary/aromatic N) is 2. The van der Waals surface area contributed by atoms with E-state index in [1.807, 2.05) is 66.3 Å². The van der Waals surface area contributed by atoms with Crippen molar-refractivity contribution in [2.75, 3.05) is 6.61 Å². The first-order valence-electron chi connectivity index (χ1n) is 7.97. The second-order valence-electron chi connectivity index (χ2n) is 5.84. The number of amides is 1. The number of hydrogen-bond acceptors (Lipinski definition) is 4. The molecule has 3 aromatic rings. The number of ether oxygens (including phenoxy) is 2. The largest absolute Gasteiger partial charge is 0.485 e. The Morgan fingerprint density at radius 3 is 2.68 bits per heavy atom. The van der Waals surface area contributed by atoms with Gasteiger partial charge in [0.1, 0.15) is 6.61 Å². The van der Waals surface area contributed by atoms with Crippen LogP contribution in [0.5, 0.6) is 11.5 Å². The van der Waals surface area contributed by atoms with Crippen molar-refractivity contribution in [1.82, 2.24) is 9.99 Å². The summed E-state index contributed by atoms with van der Waals surface area (Å²) in [6.45, 7) is 0.150. The van der Waals surface area contributed by atoms with E-state index in [4.69, 9.17) is 9.47 Å². The number of carbonyl (C=O) groups excluding carboxylic acids is 1. The Balaban J connectivity index is 1.46. The predicted octanol–water partition coefficient (Wildman–Crippen LogP) is 2.47. The first-order valence-corrected chi connectivity index (χ1v) is 7.97. The Morgan fingerprint density at radius 1 is 1.20 bits per heavy atom. The number of nitrogens with one attached hydrogen (secondary N) is 1. The second-order valence-corrected chi connectivity index (χ2v) is 5.84. The zero-order valence-electron chi connectivity index (χ0n) is 13.7. The van der Waals surface area contributed by atoms with E-state index in [9.17, 15) is 4.79 Å². The van der Waals surface area contributed by atoms with E-state index < -0.39 is 6.10 Å². The smallest absolute Gasteiger partial charge is 0.284 e. The van der Waals surface area contributed by atoms with Crippen molar-refractivity contribution in [3.63, 3.8) is 0 Å². The molecule has 126 valence electrons. The lowest BCUT2D eigenvalue weighted by Crippen LogP contribution is -2.42. The van der Waals surface area contributed by atoms with Crippen LogP contribution >= 0.6 is 0 Å². The molecule has 6 heteroatoms. The average molecular weight is 335 g/mol. The number of hydrazone groups is 1. The van der Waals surface area contributed by atoms with E-state index in [-0.39, 0.29) is 12.5 Å². The van der Waals surface area contributed by atoms with Gasteiger partial charge in [-0.05, 0) is 35.0 Å². The van der Waals surface area contributed by atoms with Crippen LogP contribution in [0, 0.1) is 0 Å². The van der Waals surface area contributed by atoms with E-state index >= 15 is 0 Å². The summed E-state index contributed by atoms with van der Waals surface area (Å²) < 4.78 is 13.4. The molecule has 0 saturated heterocycles. The van der Waals surface area contributed by atoms with Crippen LogP contribution < -0.4 is 14.9 Å². The molecule has 0 unspecified atom stereocenters. The molecule has 0 fully saturated rings. The van der Waals surface area contributed by atoms with Gasteiger partial charge in [0.25, 0.3) is 5.91 Å². The van der Waals surface area contributed by atoms with Gasteiger partial charge in [0, 0.05) is 13.2 Å². The summed E-state index contributed by atoms with van der Waals surface area (Å²) in [7, 11) is 1.91. The van der Waals surface area contributed by atoms with E-state index in [0.29, 0.717) is 11.5 Å². The van der Waals surface area contributed by atoms with Crippen LogP contribution in [0.1, 0.15) is 5.69 Å². The average Bonchev–Trinajstić information content (AvgIpc) is 3.04. The van der Waals surface area contributed by atoms with Crippen LogP contribution in [0.2, 0.25) is 0 Å². The summed E-state index contributed by atoms with van der Waals surface area (Å²) in [5, 5.41) is 6.08. The summed E-state index contributed by atoms with van der Waals surface area (Å²) in [5.74, 6) is 0.871. The minimum Gasteiger partial charge on any atom is -0.485 e. The molecule has 6 nitrogen and oxygen atoms in total. The molecule has 2 heterocycles. The van der Waals surface area contributed by atoms with Gasteiger partial charge in [0.05, 0.1) is 11.9 Å². The molecule has 0 saturated carbocycles. The molecule has 4 rings (SSSR count). The topological polar surface area (TPSA) is 64.9 Å². The molecule has 1 amide bonds.